The lowest BCUT2D eigenvalue weighted by molar-refractivity contribution is 0.0948. The van der Waals surface area contributed by atoms with Gasteiger partial charge < -0.3 is 10.1 Å². The normalized spacial score (nSPS) is 10.9. The second kappa shape index (κ2) is 7.83. The molecule has 24 heavy (non-hydrogen) atoms. The molecule has 0 heterocycles. The van der Waals surface area contributed by atoms with Crippen LogP contribution in [0.25, 0.3) is 0 Å². The Kier molecular flexibility index (Phi) is 5.81. The molecule has 0 saturated heterocycles. The standard InChI is InChI=1S/C17H20N2O4S/c1-13-7-9-14(10-8-13)23-12-11-18-17(20)15-5-3-4-6-16(15)19-24(2,21)22/h3-10,19H,11-12H2,1-2H3,(H,18,20). The first kappa shape index (κ1) is 17.8. The summed E-state index contributed by atoms with van der Waals surface area (Å²) in [4.78, 5) is 12.2. The molecule has 0 spiro atoms. The van der Waals surface area contributed by atoms with Crippen molar-refractivity contribution < 1.29 is 17.9 Å². The Hall–Kier alpha value is -2.54. The van der Waals surface area contributed by atoms with Crippen LogP contribution >= 0.6 is 0 Å². The third kappa shape index (κ3) is 5.58. The van der Waals surface area contributed by atoms with Crippen LogP contribution in [0.15, 0.2) is 48.5 Å². The van der Waals surface area contributed by atoms with Crippen LogP contribution in [-0.2, 0) is 10.0 Å². The maximum Gasteiger partial charge on any atom is 0.253 e. The van der Waals surface area contributed by atoms with Crippen LogP contribution in [-0.4, -0.2) is 33.7 Å². The number of para-hydroxylation sites is 1. The number of aryl methyl sites for hydroxylation is 1. The van der Waals surface area contributed by atoms with E-state index >= 15 is 0 Å². The van der Waals surface area contributed by atoms with Crippen molar-refractivity contribution in [1.29, 1.82) is 0 Å². The molecule has 0 radical (unpaired) electrons. The van der Waals surface area contributed by atoms with Crippen LogP contribution in [0.1, 0.15) is 15.9 Å². The summed E-state index contributed by atoms with van der Waals surface area (Å²) in [5.41, 5.74) is 1.65. The van der Waals surface area contributed by atoms with Gasteiger partial charge in [0.15, 0.2) is 0 Å². The van der Waals surface area contributed by atoms with Crippen LogP contribution in [0.4, 0.5) is 5.69 Å². The zero-order valence-corrected chi connectivity index (χ0v) is 14.4. The Morgan fingerprint density at radius 1 is 1.08 bits per heavy atom. The van der Waals surface area contributed by atoms with E-state index in [-0.39, 0.29) is 17.2 Å². The number of hydrogen-bond acceptors (Lipinski definition) is 4. The maximum absolute atomic E-state index is 12.2. The lowest BCUT2D eigenvalue weighted by Gasteiger charge is -2.11. The summed E-state index contributed by atoms with van der Waals surface area (Å²) >= 11 is 0. The smallest absolute Gasteiger partial charge is 0.253 e. The van der Waals surface area contributed by atoms with E-state index in [2.05, 4.69) is 10.0 Å². The predicted octanol–water partition coefficient (Wildman–Crippen LogP) is 2.18. The third-order valence-electron chi connectivity index (χ3n) is 3.14. The van der Waals surface area contributed by atoms with Gasteiger partial charge in [0.05, 0.1) is 24.1 Å². The SMILES string of the molecule is Cc1ccc(OCCNC(=O)c2ccccc2NS(C)(=O)=O)cc1. The van der Waals surface area contributed by atoms with E-state index < -0.39 is 10.0 Å². The van der Waals surface area contributed by atoms with Crippen molar-refractivity contribution in [2.75, 3.05) is 24.1 Å². The number of hydrogen-bond donors (Lipinski definition) is 2. The van der Waals surface area contributed by atoms with Gasteiger partial charge in [-0.05, 0) is 31.2 Å². The van der Waals surface area contributed by atoms with Crippen LogP contribution in [0.5, 0.6) is 5.75 Å². The number of anilines is 1. The Balaban J connectivity index is 1.90. The van der Waals surface area contributed by atoms with E-state index in [4.69, 9.17) is 4.74 Å². The van der Waals surface area contributed by atoms with Gasteiger partial charge in [0.1, 0.15) is 12.4 Å². The van der Waals surface area contributed by atoms with Crippen molar-refractivity contribution in [2.24, 2.45) is 0 Å². The minimum absolute atomic E-state index is 0.247. The number of benzene rings is 2. The summed E-state index contributed by atoms with van der Waals surface area (Å²) in [6.07, 6.45) is 1.04. The monoisotopic (exact) mass is 348 g/mol. The van der Waals surface area contributed by atoms with E-state index in [0.717, 1.165) is 17.6 Å². The molecule has 2 rings (SSSR count). The molecule has 0 fully saturated rings. The van der Waals surface area contributed by atoms with E-state index in [0.29, 0.717) is 13.2 Å². The van der Waals surface area contributed by atoms with Gasteiger partial charge >= 0.3 is 0 Å². The first-order valence-corrected chi connectivity index (χ1v) is 9.29. The molecule has 6 nitrogen and oxygen atoms in total. The van der Waals surface area contributed by atoms with Crippen molar-refractivity contribution in [2.45, 2.75) is 6.92 Å². The van der Waals surface area contributed by atoms with Crippen LogP contribution in [0.2, 0.25) is 0 Å². The van der Waals surface area contributed by atoms with Gasteiger partial charge in [0.25, 0.3) is 5.91 Å². The summed E-state index contributed by atoms with van der Waals surface area (Å²) < 4.78 is 30.6. The highest BCUT2D eigenvalue weighted by Crippen LogP contribution is 2.16. The summed E-state index contributed by atoms with van der Waals surface area (Å²) in [7, 11) is -3.45. The first-order chi connectivity index (χ1) is 11.3. The fraction of sp³-hybridized carbons (Fsp3) is 0.235. The molecular formula is C17H20N2O4S. The zero-order chi connectivity index (χ0) is 17.6. The van der Waals surface area contributed by atoms with Gasteiger partial charge in [-0.1, -0.05) is 29.8 Å². The van der Waals surface area contributed by atoms with Crippen molar-refractivity contribution in [3.05, 3.63) is 59.7 Å². The molecule has 0 aliphatic heterocycles. The molecule has 2 aromatic rings. The van der Waals surface area contributed by atoms with E-state index in [9.17, 15) is 13.2 Å². The minimum Gasteiger partial charge on any atom is -0.492 e. The maximum atomic E-state index is 12.2. The molecule has 2 aromatic carbocycles. The molecule has 2 N–H and O–H groups in total. The largest absolute Gasteiger partial charge is 0.492 e. The number of amides is 1. The Labute approximate surface area is 141 Å². The van der Waals surface area contributed by atoms with Crippen molar-refractivity contribution in [3.63, 3.8) is 0 Å². The number of ether oxygens (including phenoxy) is 1. The highest BCUT2D eigenvalue weighted by Gasteiger charge is 2.13. The number of carbonyl (C=O) groups excluding carboxylic acids is 1. The highest BCUT2D eigenvalue weighted by molar-refractivity contribution is 7.92. The van der Waals surface area contributed by atoms with Gasteiger partial charge in [-0.2, -0.15) is 0 Å². The Morgan fingerprint density at radius 2 is 1.75 bits per heavy atom. The lowest BCUT2D eigenvalue weighted by atomic mass is 10.1. The topological polar surface area (TPSA) is 84.5 Å². The van der Waals surface area contributed by atoms with Crippen molar-refractivity contribution >= 4 is 21.6 Å². The molecule has 7 heteroatoms. The quantitative estimate of drug-likeness (QED) is 0.751. The van der Waals surface area contributed by atoms with Crippen LogP contribution in [0.3, 0.4) is 0 Å². The van der Waals surface area contributed by atoms with Crippen molar-refractivity contribution in [1.82, 2.24) is 5.32 Å². The van der Waals surface area contributed by atoms with Crippen LogP contribution in [0, 0.1) is 6.92 Å². The van der Waals surface area contributed by atoms with Gasteiger partial charge in [-0.15, -0.1) is 0 Å². The summed E-state index contributed by atoms with van der Waals surface area (Å²) in [6.45, 7) is 2.61. The number of sulfonamides is 1. The summed E-state index contributed by atoms with van der Waals surface area (Å²) in [6, 6.07) is 14.0. The molecule has 1 amide bonds. The zero-order valence-electron chi connectivity index (χ0n) is 13.6. The molecule has 0 atom stereocenters. The van der Waals surface area contributed by atoms with E-state index in [1.807, 2.05) is 31.2 Å². The lowest BCUT2D eigenvalue weighted by Crippen LogP contribution is -2.29. The predicted molar refractivity (Wildman–Crippen MR) is 93.9 cm³/mol. The molecule has 0 saturated carbocycles. The van der Waals surface area contributed by atoms with Gasteiger partial charge in [-0.3, -0.25) is 9.52 Å². The molecule has 128 valence electrons. The fourth-order valence-corrected chi connectivity index (χ4v) is 2.61. The van der Waals surface area contributed by atoms with Crippen molar-refractivity contribution in [3.8, 4) is 5.75 Å². The summed E-state index contributed by atoms with van der Waals surface area (Å²) in [5.74, 6) is 0.364. The average Bonchev–Trinajstić information content (AvgIpc) is 2.52. The Morgan fingerprint density at radius 3 is 2.42 bits per heavy atom. The van der Waals surface area contributed by atoms with Gasteiger partial charge in [0, 0.05) is 0 Å². The number of carbonyl (C=O) groups is 1. The van der Waals surface area contributed by atoms with E-state index in [1.165, 1.54) is 0 Å². The van der Waals surface area contributed by atoms with E-state index in [1.54, 1.807) is 24.3 Å². The highest BCUT2D eigenvalue weighted by atomic mass is 32.2. The molecule has 0 aliphatic carbocycles. The van der Waals surface area contributed by atoms with Gasteiger partial charge in [-0.25, -0.2) is 8.42 Å². The second-order valence-corrected chi connectivity index (χ2v) is 7.09. The first-order valence-electron chi connectivity index (χ1n) is 7.39. The summed E-state index contributed by atoms with van der Waals surface area (Å²) in [5, 5.41) is 2.71. The Bertz CT molecular complexity index is 802. The third-order valence-corrected chi connectivity index (χ3v) is 3.74. The molecule has 0 unspecified atom stereocenters. The molecular weight excluding hydrogens is 328 g/mol. The number of rotatable bonds is 7. The second-order valence-electron chi connectivity index (χ2n) is 5.34. The fourth-order valence-electron chi connectivity index (χ4n) is 2.03. The average molecular weight is 348 g/mol. The number of nitrogens with one attached hydrogen (secondary N) is 2. The molecule has 0 aliphatic rings. The molecule has 0 aromatic heterocycles. The van der Waals surface area contributed by atoms with Gasteiger partial charge in [0.2, 0.25) is 10.0 Å². The molecule has 0 bridgehead atoms. The van der Waals surface area contributed by atoms with Crippen LogP contribution < -0.4 is 14.8 Å². The minimum atomic E-state index is -3.45.